The Morgan fingerprint density at radius 2 is 1.78 bits per heavy atom. The lowest BCUT2D eigenvalue weighted by molar-refractivity contribution is -0.127. The van der Waals surface area contributed by atoms with Crippen LogP contribution in [0.15, 0.2) is 0 Å². The Hall–Kier alpha value is -0.0300. The van der Waals surface area contributed by atoms with E-state index in [4.69, 9.17) is 5.73 Å². The molecule has 1 heterocycles. The van der Waals surface area contributed by atoms with Gasteiger partial charge >= 0.3 is 0 Å². The summed E-state index contributed by atoms with van der Waals surface area (Å²) >= 11 is 0. The highest BCUT2D eigenvalue weighted by Crippen LogP contribution is 2.47. The van der Waals surface area contributed by atoms with E-state index in [2.05, 4.69) is 24.1 Å². The first kappa shape index (κ1) is 21.0. The molecule has 0 radical (unpaired) electrons. The fraction of sp³-hybridized carbons (Fsp3) is 0.941. The smallest absolute Gasteiger partial charge is 0.225 e. The third kappa shape index (κ3) is 4.53. The van der Waals surface area contributed by atoms with E-state index in [9.17, 15) is 4.79 Å². The van der Waals surface area contributed by atoms with Crippen LogP contribution in [-0.4, -0.2) is 42.5 Å². The number of fused-ring (bicyclic) bond motifs is 2. The molecular weight excluding hydrogens is 333 g/mol. The second kappa shape index (κ2) is 8.89. The lowest BCUT2D eigenvalue weighted by Gasteiger charge is -2.35. The van der Waals surface area contributed by atoms with Gasteiger partial charge < -0.3 is 11.1 Å². The lowest BCUT2D eigenvalue weighted by Crippen LogP contribution is -2.50. The fourth-order valence-electron chi connectivity index (χ4n) is 4.69. The molecule has 1 amide bonds. The van der Waals surface area contributed by atoms with E-state index in [1.807, 2.05) is 0 Å². The van der Waals surface area contributed by atoms with Crippen molar-refractivity contribution in [1.82, 2.24) is 10.2 Å². The van der Waals surface area contributed by atoms with Gasteiger partial charge in [-0.2, -0.15) is 0 Å². The van der Waals surface area contributed by atoms with Gasteiger partial charge in [0, 0.05) is 18.6 Å². The van der Waals surface area contributed by atoms with Crippen LogP contribution in [0.25, 0.3) is 0 Å². The number of nitrogens with one attached hydrogen (secondary N) is 1. The number of nitrogens with two attached hydrogens (primary N) is 1. The van der Waals surface area contributed by atoms with Crippen LogP contribution < -0.4 is 11.1 Å². The molecule has 23 heavy (non-hydrogen) atoms. The van der Waals surface area contributed by atoms with E-state index < -0.39 is 0 Å². The Kier molecular flexibility index (Phi) is 8.12. The van der Waals surface area contributed by atoms with Crippen LogP contribution in [0.5, 0.6) is 0 Å². The van der Waals surface area contributed by atoms with Gasteiger partial charge in [0.1, 0.15) is 0 Å². The van der Waals surface area contributed by atoms with E-state index >= 15 is 0 Å². The average molecular weight is 366 g/mol. The maximum atomic E-state index is 12.5. The second-order valence-corrected chi connectivity index (χ2v) is 7.75. The van der Waals surface area contributed by atoms with Gasteiger partial charge in [-0.3, -0.25) is 9.69 Å². The Morgan fingerprint density at radius 1 is 1.17 bits per heavy atom. The summed E-state index contributed by atoms with van der Waals surface area (Å²) in [5.41, 5.74) is 6.26. The largest absolute Gasteiger partial charge is 0.354 e. The highest BCUT2D eigenvalue weighted by molar-refractivity contribution is 5.85. The minimum absolute atomic E-state index is 0. The number of hydrogen-bond acceptors (Lipinski definition) is 3. The minimum atomic E-state index is 0. The molecule has 0 aromatic rings. The Bertz CT molecular complexity index is 386. The van der Waals surface area contributed by atoms with Crippen LogP contribution in [0.3, 0.4) is 0 Å². The van der Waals surface area contributed by atoms with E-state index in [0.29, 0.717) is 17.9 Å². The van der Waals surface area contributed by atoms with E-state index in [1.165, 1.54) is 45.2 Å². The monoisotopic (exact) mass is 365 g/mol. The summed E-state index contributed by atoms with van der Waals surface area (Å²) in [5.74, 6) is 2.31. The zero-order valence-electron chi connectivity index (χ0n) is 14.4. The lowest BCUT2D eigenvalue weighted by atomic mass is 9.84. The number of rotatable bonds is 4. The van der Waals surface area contributed by atoms with Crippen LogP contribution >= 0.6 is 24.8 Å². The van der Waals surface area contributed by atoms with Gasteiger partial charge in [-0.15, -0.1) is 24.8 Å². The van der Waals surface area contributed by atoms with Gasteiger partial charge in [0.05, 0.1) is 5.92 Å². The average Bonchev–Trinajstić information content (AvgIpc) is 3.06. The summed E-state index contributed by atoms with van der Waals surface area (Å²) in [6, 6.07) is 0.547. The van der Waals surface area contributed by atoms with Crippen molar-refractivity contribution in [3.05, 3.63) is 0 Å². The summed E-state index contributed by atoms with van der Waals surface area (Å²) in [6.45, 7) is 7.68. The molecule has 1 saturated heterocycles. The minimum Gasteiger partial charge on any atom is -0.354 e. The molecule has 6 heteroatoms. The maximum Gasteiger partial charge on any atom is 0.225 e. The van der Waals surface area contributed by atoms with E-state index in [0.717, 1.165) is 12.5 Å². The molecule has 0 aromatic carbocycles. The maximum absolute atomic E-state index is 12.5. The first-order chi connectivity index (χ1) is 10.1. The molecule has 3 N–H and O–H groups in total. The zero-order chi connectivity index (χ0) is 15.0. The van der Waals surface area contributed by atoms with Crippen LogP contribution in [-0.2, 0) is 4.79 Å². The van der Waals surface area contributed by atoms with Crippen molar-refractivity contribution in [1.29, 1.82) is 0 Å². The van der Waals surface area contributed by atoms with Gasteiger partial charge in [-0.05, 0) is 69.9 Å². The first-order valence-corrected chi connectivity index (χ1v) is 8.83. The molecule has 4 nitrogen and oxygen atoms in total. The molecule has 5 unspecified atom stereocenters. The van der Waals surface area contributed by atoms with Crippen molar-refractivity contribution in [2.24, 2.45) is 29.4 Å². The van der Waals surface area contributed by atoms with Gasteiger partial charge in [-0.1, -0.05) is 6.92 Å². The van der Waals surface area contributed by atoms with Crippen LogP contribution in [0.2, 0.25) is 0 Å². The molecule has 136 valence electrons. The van der Waals surface area contributed by atoms with Crippen LogP contribution in [0.1, 0.15) is 46.0 Å². The number of amides is 1. The van der Waals surface area contributed by atoms with Crippen molar-refractivity contribution in [2.45, 2.75) is 58.0 Å². The van der Waals surface area contributed by atoms with E-state index in [-0.39, 0.29) is 42.7 Å². The standard InChI is InChI=1S/C17H31N3O.2ClH/c1-11-5-7-20(8-6-11)12(2)10-19-17(21)15-13-3-4-14(9-13)16(15)18;;/h11-16H,3-10,18H2,1-2H3,(H,19,21);2*1H. The SMILES string of the molecule is CC1CCN(C(C)CNC(=O)C2C3CCC(C3)C2N)CC1.Cl.Cl. The molecule has 3 aliphatic rings. The fourth-order valence-corrected chi connectivity index (χ4v) is 4.69. The van der Waals surface area contributed by atoms with Gasteiger partial charge in [0.15, 0.2) is 0 Å². The third-order valence-corrected chi connectivity index (χ3v) is 6.30. The predicted molar refractivity (Wildman–Crippen MR) is 99.2 cm³/mol. The Labute approximate surface area is 153 Å². The van der Waals surface area contributed by atoms with Gasteiger partial charge in [0.2, 0.25) is 5.91 Å². The number of halogens is 2. The van der Waals surface area contributed by atoms with Crippen molar-refractivity contribution in [2.75, 3.05) is 19.6 Å². The molecular formula is C17H33Cl2N3O. The van der Waals surface area contributed by atoms with Gasteiger partial charge in [-0.25, -0.2) is 0 Å². The number of piperidine rings is 1. The van der Waals surface area contributed by atoms with Crippen molar-refractivity contribution < 1.29 is 4.79 Å². The quantitative estimate of drug-likeness (QED) is 0.804. The predicted octanol–water partition coefficient (Wildman–Crippen LogP) is 2.44. The second-order valence-electron chi connectivity index (χ2n) is 7.75. The summed E-state index contributed by atoms with van der Waals surface area (Å²) in [4.78, 5) is 15.0. The molecule has 0 aromatic heterocycles. The summed E-state index contributed by atoms with van der Waals surface area (Å²) in [6.07, 6.45) is 6.19. The zero-order valence-corrected chi connectivity index (χ0v) is 16.0. The molecule has 2 aliphatic carbocycles. The topological polar surface area (TPSA) is 58.4 Å². The number of nitrogens with zero attached hydrogens (tertiary/aromatic N) is 1. The number of hydrogen-bond donors (Lipinski definition) is 2. The highest BCUT2D eigenvalue weighted by atomic mass is 35.5. The first-order valence-electron chi connectivity index (χ1n) is 8.83. The van der Waals surface area contributed by atoms with Crippen molar-refractivity contribution >= 4 is 30.7 Å². The van der Waals surface area contributed by atoms with Crippen molar-refractivity contribution in [3.63, 3.8) is 0 Å². The van der Waals surface area contributed by atoms with E-state index in [1.54, 1.807) is 0 Å². The Morgan fingerprint density at radius 3 is 2.35 bits per heavy atom. The third-order valence-electron chi connectivity index (χ3n) is 6.30. The Balaban J connectivity index is 0.00000132. The van der Waals surface area contributed by atoms with Crippen LogP contribution in [0.4, 0.5) is 0 Å². The van der Waals surface area contributed by atoms with Crippen molar-refractivity contribution in [3.8, 4) is 0 Å². The molecule has 1 aliphatic heterocycles. The molecule has 2 saturated carbocycles. The van der Waals surface area contributed by atoms with Gasteiger partial charge in [0.25, 0.3) is 0 Å². The molecule has 0 spiro atoms. The molecule has 3 rings (SSSR count). The highest BCUT2D eigenvalue weighted by Gasteiger charge is 2.49. The molecule has 3 fully saturated rings. The summed E-state index contributed by atoms with van der Waals surface area (Å²) in [7, 11) is 0. The summed E-state index contributed by atoms with van der Waals surface area (Å²) in [5, 5.41) is 3.19. The number of carbonyl (C=O) groups excluding carboxylic acids is 1. The summed E-state index contributed by atoms with van der Waals surface area (Å²) < 4.78 is 0. The van der Waals surface area contributed by atoms with Crippen LogP contribution in [0, 0.1) is 23.7 Å². The molecule has 5 atom stereocenters. The molecule has 2 bridgehead atoms. The number of likely N-dealkylation sites (tertiary alicyclic amines) is 1. The number of carbonyl (C=O) groups is 1. The normalized spacial score (nSPS) is 35.3.